The highest BCUT2D eigenvalue weighted by Gasteiger charge is 2.41. The molecule has 0 spiro atoms. The number of benzene rings is 2. The molecule has 1 heterocycles. The number of esters is 1. The van der Waals surface area contributed by atoms with Gasteiger partial charge in [0, 0.05) is 5.92 Å². The molecule has 0 unspecified atom stereocenters. The minimum absolute atomic E-state index is 0.167. The molecule has 11 heteroatoms. The fraction of sp³-hybridized carbons (Fsp3) is 0.652. The van der Waals surface area contributed by atoms with Crippen molar-refractivity contribution in [1.29, 1.82) is 0 Å². The number of aliphatic hydroxyl groups excluding tert-OH is 1. The molecule has 8 atom stereocenters. The second kappa shape index (κ2) is 26.3. The van der Waals surface area contributed by atoms with Crippen molar-refractivity contribution in [2.45, 2.75) is 168 Å². The van der Waals surface area contributed by atoms with Gasteiger partial charge in [0.25, 0.3) is 0 Å². The molecule has 3 amide bonds. The quantitative estimate of drug-likeness (QED) is 0.0683. The minimum atomic E-state index is -1.41. The summed E-state index contributed by atoms with van der Waals surface area (Å²) >= 11 is 0. The van der Waals surface area contributed by atoms with Gasteiger partial charge in [0.15, 0.2) is 6.04 Å². The van der Waals surface area contributed by atoms with Gasteiger partial charge in [-0.05, 0) is 30.4 Å². The molecule has 1 aliphatic rings. The maximum absolute atomic E-state index is 14.2. The van der Waals surface area contributed by atoms with Gasteiger partial charge in [-0.25, -0.2) is 4.79 Å². The monoisotopic (exact) mass is 794 g/mol. The van der Waals surface area contributed by atoms with Crippen molar-refractivity contribution in [2.24, 2.45) is 17.8 Å². The summed E-state index contributed by atoms with van der Waals surface area (Å²) in [5.41, 5.74) is 1.87. The third-order valence-corrected chi connectivity index (χ3v) is 11.0. The van der Waals surface area contributed by atoms with Crippen LogP contribution < -0.4 is 16.0 Å². The van der Waals surface area contributed by atoms with Crippen molar-refractivity contribution in [3.63, 3.8) is 0 Å². The molecule has 0 saturated carbocycles. The topological polar surface area (TPSA) is 152 Å². The van der Waals surface area contributed by atoms with Crippen molar-refractivity contribution in [2.75, 3.05) is 6.61 Å². The van der Waals surface area contributed by atoms with E-state index in [1.807, 2.05) is 67.6 Å². The van der Waals surface area contributed by atoms with Gasteiger partial charge >= 0.3 is 5.97 Å². The second-order valence-corrected chi connectivity index (χ2v) is 16.2. The van der Waals surface area contributed by atoms with Crippen LogP contribution in [0, 0.1) is 17.8 Å². The van der Waals surface area contributed by atoms with Crippen molar-refractivity contribution < 1.29 is 38.5 Å². The second-order valence-electron chi connectivity index (χ2n) is 16.2. The van der Waals surface area contributed by atoms with Gasteiger partial charge in [-0.3, -0.25) is 14.4 Å². The zero-order chi connectivity index (χ0) is 41.6. The van der Waals surface area contributed by atoms with Crippen molar-refractivity contribution in [3.8, 4) is 0 Å². The van der Waals surface area contributed by atoms with Gasteiger partial charge in [-0.1, -0.05) is 166 Å². The number of unbranched alkanes of at least 4 members (excludes halogenated alkanes) is 10. The molecule has 1 aliphatic heterocycles. The summed E-state index contributed by atoms with van der Waals surface area (Å²) in [4.78, 5) is 55.6. The van der Waals surface area contributed by atoms with E-state index < -0.39 is 65.9 Å². The third-order valence-electron chi connectivity index (χ3n) is 11.0. The Labute approximate surface area is 341 Å². The summed E-state index contributed by atoms with van der Waals surface area (Å²) < 4.78 is 18.8. The molecule has 0 radical (unpaired) electrons. The number of nitrogens with one attached hydrogen (secondary N) is 3. The molecule has 1 fully saturated rings. The van der Waals surface area contributed by atoms with Crippen LogP contribution in [0.15, 0.2) is 60.7 Å². The zero-order valence-corrected chi connectivity index (χ0v) is 35.4. The summed E-state index contributed by atoms with van der Waals surface area (Å²) in [7, 11) is 0. The Hall–Kier alpha value is -3.80. The highest BCUT2D eigenvalue weighted by molar-refractivity contribution is 5.94. The van der Waals surface area contributed by atoms with Crippen molar-refractivity contribution in [3.05, 3.63) is 71.8 Å². The normalized spacial score (nSPS) is 22.6. The van der Waals surface area contributed by atoms with Crippen LogP contribution in [0.3, 0.4) is 0 Å². The van der Waals surface area contributed by atoms with Crippen LogP contribution in [0.5, 0.6) is 0 Å². The summed E-state index contributed by atoms with van der Waals surface area (Å²) in [6.07, 6.45) is 11.3. The van der Waals surface area contributed by atoms with E-state index in [0.29, 0.717) is 13.0 Å². The molecule has 11 nitrogen and oxygen atoms in total. The standard InChI is InChI=1S/C46H71N3O8/c1-7-8-9-10-11-12-13-14-15-16-23-28-39(56-30-37-26-21-18-22-27-37)33(4)42-34(5)43(51)48-40(32(2)3)44(52)49-41(35(6)50)45(53)47-38(46(54)57-42)31-55-29-36-24-19-17-20-25-36/h17-22,24-27,32-35,38-42,50H,7-16,23,28-31H2,1-6H3,(H,47,53)(H,48,51)(H,49,52)/t33-,34+,35+,38-,39+,40-,41-,42+/m0/s1. The first kappa shape index (κ1) is 47.6. The number of hydrogen-bond donors (Lipinski definition) is 4. The van der Waals surface area contributed by atoms with Crippen LogP contribution in [0.25, 0.3) is 0 Å². The van der Waals surface area contributed by atoms with Gasteiger partial charge in [0.05, 0.1) is 37.9 Å². The lowest BCUT2D eigenvalue weighted by Crippen LogP contribution is -2.60. The average molecular weight is 794 g/mol. The van der Waals surface area contributed by atoms with Crippen molar-refractivity contribution >= 4 is 23.7 Å². The average Bonchev–Trinajstić information content (AvgIpc) is 3.20. The predicted octanol–water partition coefficient (Wildman–Crippen LogP) is 7.18. The van der Waals surface area contributed by atoms with Gasteiger partial charge in [-0.15, -0.1) is 0 Å². The zero-order valence-electron chi connectivity index (χ0n) is 35.4. The first-order valence-electron chi connectivity index (χ1n) is 21.5. The molecule has 0 aromatic heterocycles. The maximum atomic E-state index is 14.2. The number of carbonyl (C=O) groups excluding carboxylic acids is 4. The number of hydrogen-bond acceptors (Lipinski definition) is 8. The van der Waals surface area contributed by atoms with Gasteiger partial charge in [0.1, 0.15) is 18.2 Å². The van der Waals surface area contributed by atoms with E-state index in [1.54, 1.807) is 20.8 Å². The lowest BCUT2D eigenvalue weighted by molar-refractivity contribution is -0.167. The number of rotatable bonds is 23. The van der Waals surface area contributed by atoms with Crippen LogP contribution in [0.4, 0.5) is 0 Å². The number of ether oxygens (including phenoxy) is 3. The molecule has 0 bridgehead atoms. The largest absolute Gasteiger partial charge is 0.460 e. The molecular formula is C46H71N3O8. The van der Waals surface area contributed by atoms with E-state index in [2.05, 4.69) is 22.9 Å². The first-order chi connectivity index (χ1) is 27.4. The molecule has 57 heavy (non-hydrogen) atoms. The summed E-state index contributed by atoms with van der Waals surface area (Å²) in [6.45, 7) is 11.1. The molecule has 3 rings (SSSR count). The molecular weight excluding hydrogens is 723 g/mol. The molecule has 4 N–H and O–H groups in total. The fourth-order valence-electron chi connectivity index (χ4n) is 7.29. The Morgan fingerprint density at radius 2 is 1.18 bits per heavy atom. The van der Waals surface area contributed by atoms with E-state index in [1.165, 1.54) is 58.3 Å². The highest BCUT2D eigenvalue weighted by Crippen LogP contribution is 2.28. The van der Waals surface area contributed by atoms with Crippen LogP contribution in [-0.4, -0.2) is 71.8 Å². The SMILES string of the molecule is CCCCCCCCCCCCC[C@@H](OCc1ccccc1)[C@H](C)[C@H]1OC(=O)[C@H](COCc2ccccc2)NC(=O)[C@H]([C@@H](C)O)NC(=O)[C@H](C(C)C)NC(=O)[C@@H]1C. The number of aliphatic hydroxyl groups is 1. The smallest absolute Gasteiger partial charge is 0.331 e. The van der Waals surface area contributed by atoms with Gasteiger partial charge in [0.2, 0.25) is 17.7 Å². The number of cyclic esters (lactones) is 1. The minimum Gasteiger partial charge on any atom is -0.460 e. The van der Waals surface area contributed by atoms with E-state index >= 15 is 0 Å². The van der Waals surface area contributed by atoms with E-state index in [9.17, 15) is 24.3 Å². The van der Waals surface area contributed by atoms with E-state index in [0.717, 1.165) is 30.4 Å². The van der Waals surface area contributed by atoms with Crippen LogP contribution in [0.1, 0.15) is 130 Å². The molecule has 0 aliphatic carbocycles. The number of amides is 3. The third kappa shape index (κ3) is 16.9. The van der Waals surface area contributed by atoms with Crippen LogP contribution in [0.2, 0.25) is 0 Å². The molecule has 2 aromatic carbocycles. The predicted molar refractivity (Wildman–Crippen MR) is 223 cm³/mol. The van der Waals surface area contributed by atoms with Crippen LogP contribution >= 0.6 is 0 Å². The van der Waals surface area contributed by atoms with E-state index in [-0.39, 0.29) is 25.2 Å². The Morgan fingerprint density at radius 3 is 1.72 bits per heavy atom. The van der Waals surface area contributed by atoms with Gasteiger partial charge in [-0.2, -0.15) is 0 Å². The molecule has 318 valence electrons. The summed E-state index contributed by atoms with van der Waals surface area (Å²) in [5.74, 6) is -4.38. The lowest BCUT2D eigenvalue weighted by Gasteiger charge is -2.35. The Balaban J connectivity index is 1.87. The summed E-state index contributed by atoms with van der Waals surface area (Å²) in [6, 6.07) is 15.5. The Morgan fingerprint density at radius 1 is 0.667 bits per heavy atom. The Kier molecular flexibility index (Phi) is 21.9. The first-order valence-corrected chi connectivity index (χ1v) is 21.5. The molecule has 1 saturated heterocycles. The summed E-state index contributed by atoms with van der Waals surface area (Å²) in [5, 5.41) is 18.7. The van der Waals surface area contributed by atoms with Crippen molar-refractivity contribution in [1.82, 2.24) is 16.0 Å². The van der Waals surface area contributed by atoms with Gasteiger partial charge < -0.3 is 35.3 Å². The highest BCUT2D eigenvalue weighted by atomic mass is 16.6. The van der Waals surface area contributed by atoms with Crippen LogP contribution in [-0.2, 0) is 46.6 Å². The van der Waals surface area contributed by atoms with E-state index in [4.69, 9.17) is 14.2 Å². The fourth-order valence-corrected chi connectivity index (χ4v) is 7.29. The lowest BCUT2D eigenvalue weighted by atomic mass is 9.85. The Bertz CT molecular complexity index is 1460. The molecule has 2 aromatic rings. The maximum Gasteiger partial charge on any atom is 0.331 e. The number of carbonyl (C=O) groups is 4.